The molecule has 2 aromatic carbocycles. The van der Waals surface area contributed by atoms with Gasteiger partial charge in [-0.2, -0.15) is 0 Å². The Labute approximate surface area is 133 Å². The van der Waals surface area contributed by atoms with Gasteiger partial charge in [0.1, 0.15) is 5.75 Å². The highest BCUT2D eigenvalue weighted by Crippen LogP contribution is 2.31. The first-order valence-corrected chi connectivity index (χ1v) is 7.95. The second kappa shape index (κ2) is 6.18. The van der Waals surface area contributed by atoms with Gasteiger partial charge < -0.3 is 4.74 Å². The lowest BCUT2D eigenvalue weighted by Gasteiger charge is -2.19. The van der Waals surface area contributed by atoms with E-state index in [0.29, 0.717) is 6.10 Å². The lowest BCUT2D eigenvalue weighted by Crippen LogP contribution is -2.29. The minimum Gasteiger partial charge on any atom is -0.490 e. The molecule has 110 valence electrons. The molecule has 4 heteroatoms. The van der Waals surface area contributed by atoms with Crippen LogP contribution < -0.4 is 16.0 Å². The van der Waals surface area contributed by atoms with Crippen molar-refractivity contribution in [1.82, 2.24) is 5.43 Å². The summed E-state index contributed by atoms with van der Waals surface area (Å²) in [5, 5.41) is 0. The lowest BCUT2D eigenvalue weighted by atomic mass is 9.98. The SMILES string of the molecule is Cc1ccc(Br)c(C(NN)c2ccc(OC3CC3)cc2)c1. The van der Waals surface area contributed by atoms with Crippen molar-refractivity contribution in [2.24, 2.45) is 5.84 Å². The number of aryl methyl sites for hydroxylation is 1. The van der Waals surface area contributed by atoms with Crippen LogP contribution in [0.25, 0.3) is 0 Å². The van der Waals surface area contributed by atoms with Gasteiger partial charge >= 0.3 is 0 Å². The molecular formula is C17H19BrN2O. The molecule has 0 amide bonds. The quantitative estimate of drug-likeness (QED) is 0.638. The molecular weight excluding hydrogens is 328 g/mol. The average molecular weight is 347 g/mol. The van der Waals surface area contributed by atoms with Crippen molar-refractivity contribution in [3.05, 3.63) is 63.6 Å². The predicted molar refractivity (Wildman–Crippen MR) is 88.1 cm³/mol. The molecule has 0 aliphatic heterocycles. The Balaban J connectivity index is 1.86. The molecule has 1 fully saturated rings. The number of hydrogen-bond donors (Lipinski definition) is 2. The highest BCUT2D eigenvalue weighted by Gasteiger charge is 2.23. The summed E-state index contributed by atoms with van der Waals surface area (Å²) in [6.07, 6.45) is 2.76. The number of rotatable bonds is 5. The van der Waals surface area contributed by atoms with Gasteiger partial charge in [0.15, 0.2) is 0 Å². The lowest BCUT2D eigenvalue weighted by molar-refractivity contribution is 0.303. The van der Waals surface area contributed by atoms with Crippen LogP contribution in [0.5, 0.6) is 5.75 Å². The Hall–Kier alpha value is -1.36. The van der Waals surface area contributed by atoms with Crippen LogP contribution in [0, 0.1) is 6.92 Å². The molecule has 3 rings (SSSR count). The summed E-state index contributed by atoms with van der Waals surface area (Å²) in [5.74, 6) is 6.71. The van der Waals surface area contributed by atoms with Gasteiger partial charge in [-0.15, -0.1) is 0 Å². The van der Waals surface area contributed by atoms with E-state index in [2.05, 4.69) is 58.6 Å². The van der Waals surface area contributed by atoms with E-state index in [1.807, 2.05) is 12.1 Å². The molecule has 0 radical (unpaired) electrons. The van der Waals surface area contributed by atoms with Crippen LogP contribution in [-0.4, -0.2) is 6.10 Å². The smallest absolute Gasteiger partial charge is 0.119 e. The van der Waals surface area contributed by atoms with Gasteiger partial charge in [0, 0.05) is 4.47 Å². The minimum absolute atomic E-state index is 0.0470. The zero-order valence-corrected chi connectivity index (χ0v) is 13.6. The molecule has 0 bridgehead atoms. The molecule has 1 unspecified atom stereocenters. The summed E-state index contributed by atoms with van der Waals surface area (Å²) < 4.78 is 6.83. The third-order valence-electron chi connectivity index (χ3n) is 3.67. The first-order chi connectivity index (χ1) is 10.2. The largest absolute Gasteiger partial charge is 0.490 e. The fourth-order valence-electron chi connectivity index (χ4n) is 2.37. The number of ether oxygens (including phenoxy) is 1. The van der Waals surface area contributed by atoms with E-state index in [-0.39, 0.29) is 6.04 Å². The van der Waals surface area contributed by atoms with E-state index in [1.165, 1.54) is 18.4 Å². The van der Waals surface area contributed by atoms with Gasteiger partial charge in [0.2, 0.25) is 0 Å². The predicted octanol–water partition coefficient (Wildman–Crippen LogP) is 3.85. The average Bonchev–Trinajstić information content (AvgIpc) is 3.29. The van der Waals surface area contributed by atoms with Gasteiger partial charge in [-0.05, 0) is 49.1 Å². The van der Waals surface area contributed by atoms with E-state index in [0.717, 1.165) is 21.3 Å². The fraction of sp³-hybridized carbons (Fsp3) is 0.294. The van der Waals surface area contributed by atoms with Crippen LogP contribution in [0.15, 0.2) is 46.9 Å². The maximum absolute atomic E-state index is 5.78. The number of nitrogens with one attached hydrogen (secondary N) is 1. The van der Waals surface area contributed by atoms with Crippen molar-refractivity contribution >= 4 is 15.9 Å². The molecule has 0 spiro atoms. The molecule has 21 heavy (non-hydrogen) atoms. The first-order valence-electron chi connectivity index (χ1n) is 7.16. The van der Waals surface area contributed by atoms with Gasteiger partial charge in [0.25, 0.3) is 0 Å². The van der Waals surface area contributed by atoms with E-state index < -0.39 is 0 Å². The fourth-order valence-corrected chi connectivity index (χ4v) is 2.84. The Morgan fingerprint density at radius 3 is 2.52 bits per heavy atom. The monoisotopic (exact) mass is 346 g/mol. The maximum Gasteiger partial charge on any atom is 0.119 e. The Bertz CT molecular complexity index is 623. The standard InChI is InChI=1S/C17H19BrN2O/c1-11-2-9-16(18)15(10-11)17(20-19)12-3-5-13(6-4-12)21-14-7-8-14/h2-6,9-10,14,17,20H,7-8,19H2,1H3. The molecule has 1 aliphatic carbocycles. The molecule has 1 aliphatic rings. The Kier molecular flexibility index (Phi) is 4.29. The van der Waals surface area contributed by atoms with Crippen LogP contribution >= 0.6 is 15.9 Å². The van der Waals surface area contributed by atoms with Gasteiger partial charge in [0.05, 0.1) is 12.1 Å². The van der Waals surface area contributed by atoms with E-state index >= 15 is 0 Å². The number of hydrogen-bond acceptors (Lipinski definition) is 3. The van der Waals surface area contributed by atoms with E-state index in [1.54, 1.807) is 0 Å². The van der Waals surface area contributed by atoms with Crippen molar-refractivity contribution in [3.63, 3.8) is 0 Å². The molecule has 1 saturated carbocycles. The zero-order chi connectivity index (χ0) is 14.8. The molecule has 0 heterocycles. The van der Waals surface area contributed by atoms with E-state index in [9.17, 15) is 0 Å². The minimum atomic E-state index is -0.0470. The number of nitrogens with two attached hydrogens (primary N) is 1. The Morgan fingerprint density at radius 2 is 1.90 bits per heavy atom. The summed E-state index contributed by atoms with van der Waals surface area (Å²) in [7, 11) is 0. The molecule has 0 saturated heterocycles. The van der Waals surface area contributed by atoms with Crippen LogP contribution in [0.2, 0.25) is 0 Å². The Morgan fingerprint density at radius 1 is 1.19 bits per heavy atom. The second-order valence-corrected chi connectivity index (χ2v) is 6.37. The number of halogens is 1. The molecule has 3 nitrogen and oxygen atoms in total. The third kappa shape index (κ3) is 3.46. The van der Waals surface area contributed by atoms with Crippen molar-refractivity contribution < 1.29 is 4.74 Å². The van der Waals surface area contributed by atoms with Crippen LogP contribution in [0.1, 0.15) is 35.6 Å². The van der Waals surface area contributed by atoms with Crippen molar-refractivity contribution in [1.29, 1.82) is 0 Å². The maximum atomic E-state index is 5.78. The van der Waals surface area contributed by atoms with E-state index in [4.69, 9.17) is 10.6 Å². The zero-order valence-electron chi connectivity index (χ0n) is 12.0. The van der Waals surface area contributed by atoms with Crippen molar-refractivity contribution in [2.45, 2.75) is 31.9 Å². The number of hydrazine groups is 1. The first kappa shape index (κ1) is 14.6. The third-order valence-corrected chi connectivity index (χ3v) is 4.39. The molecule has 1 atom stereocenters. The summed E-state index contributed by atoms with van der Waals surface area (Å²) >= 11 is 3.60. The van der Waals surface area contributed by atoms with Gasteiger partial charge in [-0.3, -0.25) is 5.84 Å². The van der Waals surface area contributed by atoms with Crippen molar-refractivity contribution in [2.75, 3.05) is 0 Å². The highest BCUT2D eigenvalue weighted by atomic mass is 79.9. The van der Waals surface area contributed by atoms with Crippen LogP contribution in [0.3, 0.4) is 0 Å². The molecule has 2 aromatic rings. The van der Waals surface area contributed by atoms with Crippen LogP contribution in [0.4, 0.5) is 0 Å². The second-order valence-electron chi connectivity index (χ2n) is 5.51. The van der Waals surface area contributed by atoms with Gasteiger partial charge in [-0.1, -0.05) is 45.8 Å². The summed E-state index contributed by atoms with van der Waals surface area (Å²) in [6.45, 7) is 2.08. The molecule has 3 N–H and O–H groups in total. The normalized spacial score (nSPS) is 15.8. The van der Waals surface area contributed by atoms with Gasteiger partial charge in [-0.25, -0.2) is 5.43 Å². The summed E-state index contributed by atoms with van der Waals surface area (Å²) in [4.78, 5) is 0. The highest BCUT2D eigenvalue weighted by molar-refractivity contribution is 9.10. The van der Waals surface area contributed by atoms with Crippen LogP contribution in [-0.2, 0) is 0 Å². The topological polar surface area (TPSA) is 47.3 Å². The van der Waals surface area contributed by atoms with Crippen molar-refractivity contribution in [3.8, 4) is 5.75 Å². The number of benzene rings is 2. The summed E-state index contributed by atoms with van der Waals surface area (Å²) in [6, 6.07) is 14.4. The summed E-state index contributed by atoms with van der Waals surface area (Å²) in [5.41, 5.74) is 6.37. The molecule has 0 aromatic heterocycles.